The van der Waals surface area contributed by atoms with Crippen molar-refractivity contribution in [3.63, 3.8) is 0 Å². The molecule has 0 unspecified atom stereocenters. The van der Waals surface area contributed by atoms with Crippen LogP contribution in [-0.2, 0) is 0 Å². The molecular formula is C14H15N5O4. The summed E-state index contributed by atoms with van der Waals surface area (Å²) in [4.78, 5) is 53.7. The maximum atomic E-state index is 10.6. The van der Waals surface area contributed by atoms with E-state index < -0.39 is 11.4 Å². The van der Waals surface area contributed by atoms with E-state index in [4.69, 9.17) is 0 Å². The topological polar surface area (TPSA) is 144 Å². The molecule has 3 aromatic rings. The smallest absolute Gasteiger partial charge is 0.314 e. The first-order valence-corrected chi connectivity index (χ1v) is 6.40. The molecule has 0 aliphatic rings. The molecule has 3 rings (SSSR count). The van der Waals surface area contributed by atoms with Gasteiger partial charge in [0.05, 0.1) is 0 Å². The molecule has 3 aromatic heterocycles. The highest BCUT2D eigenvalue weighted by Crippen LogP contribution is 1.74. The number of aryl methyl sites for hydroxylation is 1. The van der Waals surface area contributed by atoms with E-state index in [-0.39, 0.29) is 11.1 Å². The Morgan fingerprint density at radius 3 is 1.87 bits per heavy atom. The number of hydrogen-bond acceptors (Lipinski definition) is 5. The van der Waals surface area contributed by atoms with Crippen molar-refractivity contribution >= 4 is 0 Å². The Balaban J connectivity index is 0.000000176. The van der Waals surface area contributed by atoms with Gasteiger partial charge in [0.2, 0.25) is 0 Å². The van der Waals surface area contributed by atoms with Crippen molar-refractivity contribution in [3.8, 4) is 0 Å². The molecule has 4 N–H and O–H groups in total. The van der Waals surface area contributed by atoms with E-state index in [0.29, 0.717) is 5.56 Å². The first-order chi connectivity index (χ1) is 11.0. The summed E-state index contributed by atoms with van der Waals surface area (Å²) in [7, 11) is 0. The van der Waals surface area contributed by atoms with Gasteiger partial charge in [0, 0.05) is 36.4 Å². The maximum Gasteiger partial charge on any atom is 0.325 e. The predicted molar refractivity (Wildman–Crippen MR) is 84.3 cm³/mol. The van der Waals surface area contributed by atoms with Crippen LogP contribution in [0.25, 0.3) is 0 Å². The molecule has 0 aliphatic heterocycles. The van der Waals surface area contributed by atoms with Gasteiger partial charge in [0.1, 0.15) is 0 Å². The van der Waals surface area contributed by atoms with E-state index in [9.17, 15) is 19.2 Å². The summed E-state index contributed by atoms with van der Waals surface area (Å²) in [5.41, 5.74) is -1.15. The van der Waals surface area contributed by atoms with Crippen molar-refractivity contribution < 1.29 is 0 Å². The molecule has 0 aromatic carbocycles. The van der Waals surface area contributed by atoms with Crippen LogP contribution in [0.5, 0.6) is 0 Å². The number of nitrogens with one attached hydrogen (secondary N) is 4. The lowest BCUT2D eigenvalue weighted by Crippen LogP contribution is -2.22. The summed E-state index contributed by atoms with van der Waals surface area (Å²) in [6.07, 6.45) is 6.17. The molecule has 0 atom stereocenters. The molecule has 9 heteroatoms. The average Bonchev–Trinajstić information content (AvgIpc) is 2.54. The second-order valence-electron chi connectivity index (χ2n) is 4.08. The minimum absolute atomic E-state index is 0.334. The van der Waals surface area contributed by atoms with Gasteiger partial charge in [0.25, 0.3) is 11.1 Å². The zero-order valence-electron chi connectivity index (χ0n) is 12.2. The van der Waals surface area contributed by atoms with Gasteiger partial charge in [-0.3, -0.25) is 24.5 Å². The number of nitrogens with zero attached hydrogens (tertiary/aromatic N) is 1. The summed E-state index contributed by atoms with van der Waals surface area (Å²) in [6.45, 7) is 1.62. The van der Waals surface area contributed by atoms with Gasteiger partial charge in [-0.1, -0.05) is 6.07 Å². The Bertz CT molecular complexity index is 872. The van der Waals surface area contributed by atoms with E-state index >= 15 is 0 Å². The molecule has 3 heterocycles. The van der Waals surface area contributed by atoms with Crippen molar-refractivity contribution in [2.75, 3.05) is 0 Å². The number of rotatable bonds is 0. The van der Waals surface area contributed by atoms with E-state index in [1.807, 2.05) is 23.2 Å². The number of aromatic amines is 4. The third-order valence-corrected chi connectivity index (χ3v) is 2.26. The van der Waals surface area contributed by atoms with Crippen LogP contribution in [0.15, 0.2) is 68.2 Å². The molecule has 0 fully saturated rings. The number of aromatic nitrogens is 5. The molecule has 0 bridgehead atoms. The Morgan fingerprint density at radius 1 is 0.870 bits per heavy atom. The Labute approximate surface area is 129 Å². The van der Waals surface area contributed by atoms with Gasteiger partial charge in [-0.25, -0.2) is 9.59 Å². The van der Waals surface area contributed by atoms with Crippen molar-refractivity contribution in [1.29, 1.82) is 0 Å². The Hall–Kier alpha value is -3.49. The predicted octanol–water partition coefficient (Wildman–Crippen LogP) is -0.484. The Morgan fingerprint density at radius 2 is 1.52 bits per heavy atom. The van der Waals surface area contributed by atoms with Crippen molar-refractivity contribution in [1.82, 2.24) is 24.9 Å². The van der Waals surface area contributed by atoms with E-state index in [0.717, 1.165) is 0 Å². The van der Waals surface area contributed by atoms with E-state index in [2.05, 4.69) is 19.9 Å². The quantitative estimate of drug-likeness (QED) is 0.442. The molecule has 0 amide bonds. The van der Waals surface area contributed by atoms with Gasteiger partial charge in [-0.2, -0.15) is 0 Å². The van der Waals surface area contributed by atoms with Gasteiger partial charge in [0.15, 0.2) is 0 Å². The van der Waals surface area contributed by atoms with E-state index in [1.54, 1.807) is 19.3 Å². The first-order valence-electron chi connectivity index (χ1n) is 6.40. The highest BCUT2D eigenvalue weighted by molar-refractivity contribution is 4.98. The van der Waals surface area contributed by atoms with Crippen LogP contribution in [0.1, 0.15) is 5.56 Å². The second-order valence-corrected chi connectivity index (χ2v) is 4.08. The van der Waals surface area contributed by atoms with E-state index in [1.165, 1.54) is 18.5 Å². The lowest BCUT2D eigenvalue weighted by Gasteiger charge is -1.84. The molecule has 0 aliphatic carbocycles. The number of hydrogen-bond donors (Lipinski definition) is 4. The van der Waals surface area contributed by atoms with Crippen molar-refractivity contribution in [2.45, 2.75) is 6.92 Å². The summed E-state index contributed by atoms with van der Waals surface area (Å²) in [5, 5.41) is 0. The third kappa shape index (κ3) is 7.75. The lowest BCUT2D eigenvalue weighted by atomic mass is 10.4. The minimum atomic E-state index is -0.475. The lowest BCUT2D eigenvalue weighted by molar-refractivity contribution is 1.01. The SMILES string of the molecule is Cc1c[nH]c(=O)[nH]c1=O.O=c1cc[nH]c(=O)[nH]1.c1ccncc1. The standard InChI is InChI=1S/C5H6N2O2.C5H5N.C4H4N2O2/c1-3-2-6-5(9)7-4(3)8;1-2-4-6-5-3-1;7-3-1-2-5-4(8)6-3/h2H,1H3,(H2,6,7,8,9);1-5H;1-2H,(H2,5,6,7,8). The fraction of sp³-hybridized carbons (Fsp3) is 0.0714. The molecule has 0 spiro atoms. The van der Waals surface area contributed by atoms with Crippen LogP contribution in [0.2, 0.25) is 0 Å². The van der Waals surface area contributed by atoms with Gasteiger partial charge in [-0.15, -0.1) is 0 Å². The van der Waals surface area contributed by atoms with Gasteiger partial charge < -0.3 is 9.97 Å². The molecule has 23 heavy (non-hydrogen) atoms. The van der Waals surface area contributed by atoms with Crippen LogP contribution < -0.4 is 22.5 Å². The van der Waals surface area contributed by atoms with Crippen LogP contribution in [0.3, 0.4) is 0 Å². The second kappa shape index (κ2) is 9.45. The van der Waals surface area contributed by atoms with Crippen LogP contribution in [0.4, 0.5) is 0 Å². The van der Waals surface area contributed by atoms with Crippen molar-refractivity contribution in [2.24, 2.45) is 0 Å². The zero-order valence-corrected chi connectivity index (χ0v) is 12.2. The molecule has 120 valence electrons. The highest BCUT2D eigenvalue weighted by atomic mass is 16.2. The number of pyridine rings is 1. The largest absolute Gasteiger partial charge is 0.325 e. The highest BCUT2D eigenvalue weighted by Gasteiger charge is 1.88. The minimum Gasteiger partial charge on any atom is -0.314 e. The molecular weight excluding hydrogens is 302 g/mol. The van der Waals surface area contributed by atoms with Crippen molar-refractivity contribution in [3.05, 3.63) is 96.3 Å². The van der Waals surface area contributed by atoms with Gasteiger partial charge in [-0.05, 0) is 19.1 Å². The average molecular weight is 317 g/mol. The fourth-order valence-electron chi connectivity index (χ4n) is 1.17. The molecule has 0 radical (unpaired) electrons. The third-order valence-electron chi connectivity index (χ3n) is 2.26. The molecule has 0 saturated heterocycles. The monoisotopic (exact) mass is 317 g/mol. The van der Waals surface area contributed by atoms with Crippen LogP contribution in [-0.4, -0.2) is 24.9 Å². The molecule has 9 nitrogen and oxygen atoms in total. The zero-order chi connectivity index (χ0) is 17.1. The van der Waals surface area contributed by atoms with Gasteiger partial charge >= 0.3 is 11.4 Å². The van der Waals surface area contributed by atoms with Crippen LogP contribution in [0, 0.1) is 6.92 Å². The number of H-pyrrole nitrogens is 4. The summed E-state index contributed by atoms with van der Waals surface area (Å²) in [6, 6.07) is 6.95. The fourth-order valence-corrected chi connectivity index (χ4v) is 1.17. The molecule has 0 saturated carbocycles. The Kier molecular flexibility index (Phi) is 7.21. The van der Waals surface area contributed by atoms with Crippen LogP contribution >= 0.6 is 0 Å². The maximum absolute atomic E-state index is 10.6. The first kappa shape index (κ1) is 17.6. The summed E-state index contributed by atoms with van der Waals surface area (Å²) in [5.74, 6) is 0. The summed E-state index contributed by atoms with van der Waals surface area (Å²) < 4.78 is 0. The summed E-state index contributed by atoms with van der Waals surface area (Å²) >= 11 is 0. The normalized spacial score (nSPS) is 8.91.